The highest BCUT2D eigenvalue weighted by Crippen LogP contribution is 2.22. The van der Waals surface area contributed by atoms with Crippen molar-refractivity contribution in [2.45, 2.75) is 19.8 Å². The first-order chi connectivity index (χ1) is 16.5. The minimum Gasteiger partial charge on any atom is -0.205 e. The van der Waals surface area contributed by atoms with Crippen LogP contribution in [0.25, 0.3) is 10.8 Å². The summed E-state index contributed by atoms with van der Waals surface area (Å²) < 4.78 is 42.5. The van der Waals surface area contributed by atoms with E-state index in [1.165, 1.54) is 17.7 Å². The average Bonchev–Trinajstić information content (AvgIpc) is 2.83. The Morgan fingerprint density at radius 1 is 0.706 bits per heavy atom. The summed E-state index contributed by atoms with van der Waals surface area (Å²) in [5, 5.41) is 9.79. The summed E-state index contributed by atoms with van der Waals surface area (Å²) in [6.45, 7) is 2.14. The fourth-order valence-electron chi connectivity index (χ4n) is 3.55. The van der Waals surface area contributed by atoms with Gasteiger partial charge in [-0.25, -0.2) is 13.2 Å². The lowest BCUT2D eigenvalue weighted by Crippen LogP contribution is -1.92. The van der Waals surface area contributed by atoms with Crippen molar-refractivity contribution in [3.8, 4) is 29.8 Å². The molecule has 0 radical (unpaired) electrons. The number of nitrogens with zero attached hydrogens (tertiary/aromatic N) is 1. The predicted octanol–water partition coefficient (Wildman–Crippen LogP) is 6.88. The third-order valence-electron chi connectivity index (χ3n) is 5.29. The Morgan fingerprint density at radius 2 is 1.35 bits per heavy atom. The number of hydrogen-bond acceptors (Lipinski definition) is 1. The number of rotatable bonds is 2. The van der Waals surface area contributed by atoms with E-state index in [0.29, 0.717) is 10.8 Å². The molecule has 34 heavy (non-hydrogen) atoms. The van der Waals surface area contributed by atoms with E-state index in [1.54, 1.807) is 24.3 Å². The molecule has 4 heteroatoms. The van der Waals surface area contributed by atoms with Gasteiger partial charge >= 0.3 is 0 Å². The van der Waals surface area contributed by atoms with Gasteiger partial charge in [0.25, 0.3) is 0 Å². The molecule has 0 aromatic heterocycles. The van der Waals surface area contributed by atoms with Crippen molar-refractivity contribution in [2.24, 2.45) is 0 Å². The molecule has 0 saturated heterocycles. The molecule has 0 unspecified atom stereocenters. The summed E-state index contributed by atoms with van der Waals surface area (Å²) in [7, 11) is 0. The quantitative estimate of drug-likeness (QED) is 0.306. The summed E-state index contributed by atoms with van der Waals surface area (Å²) in [6, 6.07) is 19.9. The van der Waals surface area contributed by atoms with E-state index in [2.05, 4.69) is 42.7 Å². The summed E-state index contributed by atoms with van der Waals surface area (Å²) in [5.74, 6) is 8.89. The summed E-state index contributed by atoms with van der Waals surface area (Å²) in [5.41, 5.74) is 2.39. The highest BCUT2D eigenvalue weighted by atomic mass is 19.1. The molecule has 4 rings (SSSR count). The second-order valence-electron chi connectivity index (χ2n) is 7.74. The maximum Gasteiger partial charge on any atom is 0.146 e. The van der Waals surface area contributed by atoms with Crippen molar-refractivity contribution in [3.63, 3.8) is 0 Å². The fraction of sp³-hybridized carbons (Fsp3) is 0.100. The molecule has 0 N–H and O–H groups in total. The molecule has 0 saturated carbocycles. The van der Waals surface area contributed by atoms with Crippen molar-refractivity contribution in [1.29, 1.82) is 5.26 Å². The minimum atomic E-state index is -1.00. The molecule has 0 fully saturated rings. The van der Waals surface area contributed by atoms with E-state index in [0.717, 1.165) is 36.1 Å². The molecule has 0 atom stereocenters. The van der Waals surface area contributed by atoms with Gasteiger partial charge in [0.1, 0.15) is 29.1 Å². The molecule has 0 amide bonds. The Hall–Kier alpha value is -4.46. The van der Waals surface area contributed by atoms with Gasteiger partial charge in [0.15, 0.2) is 0 Å². The third-order valence-corrected chi connectivity index (χ3v) is 5.29. The predicted molar refractivity (Wildman–Crippen MR) is 127 cm³/mol. The number of benzene rings is 4. The van der Waals surface area contributed by atoms with Crippen LogP contribution in [0.4, 0.5) is 13.2 Å². The lowest BCUT2D eigenvalue weighted by atomic mass is 10.0. The largest absolute Gasteiger partial charge is 0.205 e. The normalized spacial score (nSPS) is 10.1. The Labute approximate surface area is 196 Å². The number of hydrogen-bond donors (Lipinski definition) is 0. The summed E-state index contributed by atoms with van der Waals surface area (Å²) in [6.07, 6.45) is 2.13. The average molecular weight is 449 g/mol. The van der Waals surface area contributed by atoms with Gasteiger partial charge < -0.3 is 0 Å². The lowest BCUT2D eigenvalue weighted by molar-refractivity contribution is 0.576. The zero-order chi connectivity index (χ0) is 24.1. The van der Waals surface area contributed by atoms with Gasteiger partial charge in [0, 0.05) is 22.1 Å². The number of fused-ring (bicyclic) bond motifs is 1. The van der Waals surface area contributed by atoms with Crippen molar-refractivity contribution in [3.05, 3.63) is 118 Å². The summed E-state index contributed by atoms with van der Waals surface area (Å²) in [4.78, 5) is 0. The number of aryl methyl sites for hydroxylation is 1. The standard InChI is InChI=1S/C30H18F3N/c1-2-3-20-4-6-21(7-5-20)8-9-22-11-15-26-25(16-22)14-13-24(30(26)33)12-10-23-17-28(31)27(19-34)29(32)18-23/h4-7,11,13-18H,2-3H2,1H3. The van der Waals surface area contributed by atoms with Crippen LogP contribution < -0.4 is 0 Å². The SMILES string of the molecule is CCCc1ccc(C#Cc2ccc3c(F)c(C#Cc4cc(F)c(C#N)c(F)c4)ccc3c2)cc1. The second-order valence-corrected chi connectivity index (χ2v) is 7.74. The lowest BCUT2D eigenvalue weighted by Gasteiger charge is -2.03. The van der Waals surface area contributed by atoms with Crippen molar-refractivity contribution >= 4 is 10.8 Å². The smallest absolute Gasteiger partial charge is 0.146 e. The molecule has 0 spiro atoms. The molecule has 164 valence electrons. The topological polar surface area (TPSA) is 23.8 Å². The molecule has 1 nitrogen and oxygen atoms in total. The van der Waals surface area contributed by atoms with Crippen LogP contribution >= 0.6 is 0 Å². The highest BCUT2D eigenvalue weighted by molar-refractivity contribution is 5.86. The molecule has 0 aliphatic rings. The van der Waals surface area contributed by atoms with Gasteiger partial charge in [0.2, 0.25) is 0 Å². The zero-order valence-electron chi connectivity index (χ0n) is 18.3. The van der Waals surface area contributed by atoms with E-state index in [1.807, 2.05) is 12.1 Å². The Balaban J connectivity index is 1.60. The van der Waals surface area contributed by atoms with Crippen LogP contribution in [-0.4, -0.2) is 0 Å². The molecular formula is C30H18F3N. The molecular weight excluding hydrogens is 431 g/mol. The summed E-state index contributed by atoms with van der Waals surface area (Å²) >= 11 is 0. The van der Waals surface area contributed by atoms with Crippen LogP contribution in [0.2, 0.25) is 0 Å². The number of nitriles is 1. The zero-order valence-corrected chi connectivity index (χ0v) is 18.3. The Kier molecular flexibility index (Phi) is 6.68. The van der Waals surface area contributed by atoms with E-state index in [-0.39, 0.29) is 11.1 Å². The van der Waals surface area contributed by atoms with Crippen LogP contribution in [0.1, 0.15) is 46.7 Å². The molecule has 4 aromatic carbocycles. The van der Waals surface area contributed by atoms with Crippen molar-refractivity contribution in [2.75, 3.05) is 0 Å². The third kappa shape index (κ3) is 4.96. The maximum atomic E-state index is 15.0. The monoisotopic (exact) mass is 449 g/mol. The van der Waals surface area contributed by atoms with Crippen molar-refractivity contribution in [1.82, 2.24) is 0 Å². The first-order valence-electron chi connectivity index (χ1n) is 10.7. The molecule has 0 bridgehead atoms. The van der Waals surface area contributed by atoms with Gasteiger partial charge in [-0.1, -0.05) is 61.3 Å². The first kappa shape index (κ1) is 22.7. The van der Waals surface area contributed by atoms with Gasteiger partial charge in [-0.15, -0.1) is 0 Å². The van der Waals surface area contributed by atoms with Gasteiger partial charge in [-0.3, -0.25) is 0 Å². The fourth-order valence-corrected chi connectivity index (χ4v) is 3.55. The van der Waals surface area contributed by atoms with E-state index in [4.69, 9.17) is 5.26 Å². The van der Waals surface area contributed by atoms with E-state index >= 15 is 4.39 Å². The van der Waals surface area contributed by atoms with Gasteiger partial charge in [-0.2, -0.15) is 5.26 Å². The molecule has 0 aliphatic heterocycles. The van der Waals surface area contributed by atoms with Crippen LogP contribution in [0, 0.1) is 52.5 Å². The van der Waals surface area contributed by atoms with Crippen LogP contribution in [-0.2, 0) is 6.42 Å². The molecule has 4 aromatic rings. The van der Waals surface area contributed by atoms with Crippen LogP contribution in [0.3, 0.4) is 0 Å². The van der Waals surface area contributed by atoms with Gasteiger partial charge in [0.05, 0.1) is 5.56 Å². The Morgan fingerprint density at radius 3 is 2.03 bits per heavy atom. The Bertz CT molecular complexity index is 1530. The highest BCUT2D eigenvalue weighted by Gasteiger charge is 2.10. The van der Waals surface area contributed by atoms with Crippen LogP contribution in [0.5, 0.6) is 0 Å². The second kappa shape index (κ2) is 9.99. The van der Waals surface area contributed by atoms with E-state index < -0.39 is 23.0 Å². The van der Waals surface area contributed by atoms with Crippen molar-refractivity contribution < 1.29 is 13.2 Å². The minimum absolute atomic E-state index is 0.0156. The number of halogens is 3. The molecule has 0 aliphatic carbocycles. The maximum absolute atomic E-state index is 15.0. The van der Waals surface area contributed by atoms with Crippen LogP contribution in [0.15, 0.2) is 66.7 Å². The van der Waals surface area contributed by atoms with Gasteiger partial charge in [-0.05, 0) is 59.8 Å². The molecule has 0 heterocycles. The first-order valence-corrected chi connectivity index (χ1v) is 10.7. The van der Waals surface area contributed by atoms with E-state index in [9.17, 15) is 8.78 Å².